The van der Waals surface area contributed by atoms with Crippen LogP contribution in [-0.4, -0.2) is 76.2 Å². The maximum absolute atomic E-state index is 14.8. The van der Waals surface area contributed by atoms with Crippen LogP contribution >= 0.6 is 27.5 Å². The molecule has 0 aliphatic carbocycles. The highest BCUT2D eigenvalue weighted by Gasteiger charge is 2.77. The van der Waals surface area contributed by atoms with E-state index in [-0.39, 0.29) is 30.5 Å². The van der Waals surface area contributed by atoms with Crippen molar-refractivity contribution in [2.24, 2.45) is 11.8 Å². The van der Waals surface area contributed by atoms with Crippen molar-refractivity contribution in [3.63, 3.8) is 0 Å². The van der Waals surface area contributed by atoms with Crippen LogP contribution in [0.5, 0.6) is 0 Å². The monoisotopic (exact) mass is 670 g/mol. The van der Waals surface area contributed by atoms with Crippen LogP contribution in [0.2, 0.25) is 5.02 Å². The molecule has 3 heterocycles. The van der Waals surface area contributed by atoms with Gasteiger partial charge in [-0.1, -0.05) is 70.0 Å². The molecule has 1 spiro atoms. The Balaban J connectivity index is 1.57. The summed E-state index contributed by atoms with van der Waals surface area (Å²) in [5.74, 6) is -3.12. The molecule has 3 saturated heterocycles. The Labute approximate surface area is 265 Å². The predicted octanol–water partition coefficient (Wildman–Crippen LogP) is 4.72. The van der Waals surface area contributed by atoms with Gasteiger partial charge in [0.1, 0.15) is 11.6 Å². The number of fused-ring (bicyclic) bond motifs is 1. The fraction of sp³-hybridized carbons (Fsp3) is 0.424. The summed E-state index contributed by atoms with van der Waals surface area (Å²) in [6.07, 6.45) is 4.69. The topological polar surface area (TPSA) is 96.4 Å². The standard InChI is InChI=1S/C33H36BrClN2O6/c1-3-5-9-17-42-32(41)26-27-30(39)37(24(20-38)18-21-10-7-6-8-11-21)29(33(27)19-25(34)28(26)43-33)31(40)36(16-4-2)23-14-12-22(35)13-15-23/h3-4,6-8,10-15,24-29,38H,1-2,5,9,16-20H2/t24-,25?,26-,27+,28-,29?,33?/m1/s1. The van der Waals surface area contributed by atoms with Crippen molar-refractivity contribution in [1.82, 2.24) is 4.90 Å². The maximum atomic E-state index is 14.8. The van der Waals surface area contributed by atoms with Crippen LogP contribution in [0.3, 0.4) is 0 Å². The van der Waals surface area contributed by atoms with Crippen molar-refractivity contribution in [3.05, 3.63) is 90.5 Å². The Morgan fingerprint density at radius 3 is 2.56 bits per heavy atom. The molecule has 3 fully saturated rings. The lowest BCUT2D eigenvalue weighted by atomic mass is 9.70. The fourth-order valence-electron chi connectivity index (χ4n) is 6.86. The van der Waals surface area contributed by atoms with E-state index in [1.54, 1.807) is 41.3 Å². The number of unbranched alkanes of at least 4 members (excludes halogenated alkanes) is 1. The minimum Gasteiger partial charge on any atom is -0.465 e. The predicted molar refractivity (Wildman–Crippen MR) is 168 cm³/mol. The van der Waals surface area contributed by atoms with E-state index in [2.05, 4.69) is 29.1 Å². The number of amides is 2. The Hall–Kier alpha value is -2.98. The largest absolute Gasteiger partial charge is 0.465 e. The molecule has 10 heteroatoms. The van der Waals surface area contributed by atoms with Gasteiger partial charge in [-0.2, -0.15) is 0 Å². The van der Waals surface area contributed by atoms with Crippen LogP contribution < -0.4 is 4.90 Å². The number of ether oxygens (including phenoxy) is 2. The summed E-state index contributed by atoms with van der Waals surface area (Å²) >= 11 is 9.83. The second-order valence-electron chi connectivity index (χ2n) is 11.2. The van der Waals surface area contributed by atoms with E-state index in [1.165, 1.54) is 4.90 Å². The number of anilines is 1. The number of hydrogen-bond acceptors (Lipinski definition) is 6. The van der Waals surface area contributed by atoms with Crippen LogP contribution in [0.15, 0.2) is 79.9 Å². The third-order valence-corrected chi connectivity index (χ3v) is 9.76. The van der Waals surface area contributed by atoms with Crippen LogP contribution in [0.1, 0.15) is 24.8 Å². The number of allylic oxidation sites excluding steroid dienone is 1. The van der Waals surface area contributed by atoms with E-state index in [0.29, 0.717) is 36.4 Å². The van der Waals surface area contributed by atoms with E-state index in [9.17, 15) is 19.5 Å². The highest BCUT2D eigenvalue weighted by Crippen LogP contribution is 2.61. The summed E-state index contributed by atoms with van der Waals surface area (Å²) in [6.45, 7) is 7.53. The van der Waals surface area contributed by atoms with Crippen molar-refractivity contribution >= 4 is 51.0 Å². The number of hydrogen-bond donors (Lipinski definition) is 1. The van der Waals surface area contributed by atoms with E-state index in [4.69, 9.17) is 21.1 Å². The zero-order valence-corrected chi connectivity index (χ0v) is 26.2. The average molecular weight is 672 g/mol. The molecule has 2 bridgehead atoms. The van der Waals surface area contributed by atoms with E-state index >= 15 is 0 Å². The average Bonchev–Trinajstić information content (AvgIpc) is 3.61. The van der Waals surface area contributed by atoms with Gasteiger partial charge in [-0.05, 0) is 55.5 Å². The van der Waals surface area contributed by atoms with Gasteiger partial charge in [0.05, 0.1) is 37.2 Å². The Kier molecular flexibility index (Phi) is 9.76. The number of esters is 1. The van der Waals surface area contributed by atoms with Gasteiger partial charge < -0.3 is 24.4 Å². The lowest BCUT2D eigenvalue weighted by Gasteiger charge is -2.39. The van der Waals surface area contributed by atoms with Crippen molar-refractivity contribution in [2.45, 2.75) is 54.3 Å². The summed E-state index contributed by atoms with van der Waals surface area (Å²) in [7, 11) is 0. The minimum atomic E-state index is -1.30. The van der Waals surface area contributed by atoms with E-state index < -0.39 is 47.5 Å². The molecule has 3 unspecified atom stereocenters. The van der Waals surface area contributed by atoms with Crippen LogP contribution in [0, 0.1) is 11.8 Å². The Morgan fingerprint density at radius 2 is 1.91 bits per heavy atom. The molecule has 1 N–H and O–H groups in total. The van der Waals surface area contributed by atoms with Gasteiger partial charge in [0.15, 0.2) is 0 Å². The number of aliphatic hydroxyl groups is 1. The summed E-state index contributed by atoms with van der Waals surface area (Å²) in [5.41, 5.74) is 0.178. The molecule has 0 aromatic heterocycles. The van der Waals surface area contributed by atoms with Crippen LogP contribution in [-0.2, 0) is 30.3 Å². The Bertz CT molecular complexity index is 1360. The molecular weight excluding hydrogens is 636 g/mol. The lowest BCUT2D eigenvalue weighted by Crippen LogP contribution is -2.59. The molecule has 43 heavy (non-hydrogen) atoms. The maximum Gasteiger partial charge on any atom is 0.312 e. The minimum absolute atomic E-state index is 0.165. The molecule has 3 aliphatic rings. The van der Waals surface area contributed by atoms with Gasteiger partial charge in [0.2, 0.25) is 5.91 Å². The zero-order chi connectivity index (χ0) is 30.7. The van der Waals surface area contributed by atoms with Gasteiger partial charge in [-0.15, -0.1) is 13.2 Å². The number of likely N-dealkylation sites (tertiary alicyclic amines) is 1. The molecule has 228 valence electrons. The van der Waals surface area contributed by atoms with Gasteiger partial charge >= 0.3 is 5.97 Å². The van der Waals surface area contributed by atoms with Crippen molar-refractivity contribution < 1.29 is 29.0 Å². The van der Waals surface area contributed by atoms with Crippen LogP contribution in [0.4, 0.5) is 5.69 Å². The van der Waals surface area contributed by atoms with Crippen LogP contribution in [0.25, 0.3) is 0 Å². The zero-order valence-electron chi connectivity index (χ0n) is 23.8. The SMILES string of the molecule is C=CCCCOC(=O)[C@H]1[C@@H]2OC3(CC2Br)C(C(=O)N(CC=C)c2ccc(Cl)cc2)N([C@@H](CO)Cc2ccccc2)C(=O)[C@H]13. The summed E-state index contributed by atoms with van der Waals surface area (Å²) in [6, 6.07) is 14.5. The summed E-state index contributed by atoms with van der Waals surface area (Å²) < 4.78 is 12.3. The second kappa shape index (κ2) is 13.3. The lowest BCUT2D eigenvalue weighted by molar-refractivity contribution is -0.155. The third kappa shape index (κ3) is 5.80. The summed E-state index contributed by atoms with van der Waals surface area (Å²) in [5, 5.41) is 11.2. The number of aliphatic hydroxyl groups excluding tert-OH is 1. The number of alkyl halides is 1. The molecule has 3 aliphatic heterocycles. The van der Waals surface area contributed by atoms with Gasteiger partial charge in [-0.3, -0.25) is 14.4 Å². The molecule has 8 nitrogen and oxygen atoms in total. The van der Waals surface area contributed by atoms with E-state index in [0.717, 1.165) is 5.56 Å². The molecular formula is C33H36BrClN2O6. The van der Waals surface area contributed by atoms with Crippen molar-refractivity contribution in [3.8, 4) is 0 Å². The molecule has 2 aromatic carbocycles. The number of rotatable bonds is 13. The second-order valence-corrected chi connectivity index (χ2v) is 12.9. The number of carbonyl (C=O) groups excluding carboxylic acids is 3. The highest BCUT2D eigenvalue weighted by atomic mass is 79.9. The smallest absolute Gasteiger partial charge is 0.312 e. The molecule has 7 atom stereocenters. The molecule has 2 aromatic rings. The highest BCUT2D eigenvalue weighted by molar-refractivity contribution is 9.09. The van der Waals surface area contributed by atoms with Crippen molar-refractivity contribution in [2.75, 3.05) is 24.7 Å². The van der Waals surface area contributed by atoms with Gasteiger partial charge in [0, 0.05) is 22.1 Å². The quantitative estimate of drug-likeness (QED) is 0.143. The number of benzene rings is 2. The normalized spacial score (nSPS) is 27.9. The fourth-order valence-corrected chi connectivity index (χ4v) is 7.93. The molecule has 5 rings (SSSR count). The van der Waals surface area contributed by atoms with Gasteiger partial charge in [-0.25, -0.2) is 0 Å². The molecule has 0 radical (unpaired) electrons. The number of nitrogens with zero attached hydrogens (tertiary/aromatic N) is 2. The molecule has 2 amide bonds. The first-order valence-corrected chi connectivity index (χ1v) is 15.8. The summed E-state index contributed by atoms with van der Waals surface area (Å²) in [4.78, 5) is 45.6. The molecule has 0 saturated carbocycles. The first-order valence-electron chi connectivity index (χ1n) is 14.5. The first kappa shape index (κ1) is 31.4. The first-order chi connectivity index (χ1) is 20.8. The van der Waals surface area contributed by atoms with E-state index in [1.807, 2.05) is 30.3 Å². The third-order valence-electron chi connectivity index (χ3n) is 8.66. The Morgan fingerprint density at radius 1 is 1.19 bits per heavy atom. The number of halogens is 2. The van der Waals surface area contributed by atoms with Crippen molar-refractivity contribution in [1.29, 1.82) is 0 Å². The van der Waals surface area contributed by atoms with Gasteiger partial charge in [0.25, 0.3) is 5.91 Å². The number of carbonyl (C=O) groups is 3.